The Hall–Kier alpha value is -2.69. The van der Waals surface area contributed by atoms with Crippen LogP contribution in [0.25, 0.3) is 0 Å². The van der Waals surface area contributed by atoms with Crippen molar-refractivity contribution in [3.05, 3.63) is 47.5 Å². The number of benzene rings is 1. The van der Waals surface area contributed by atoms with Gasteiger partial charge in [0.2, 0.25) is 0 Å². The van der Waals surface area contributed by atoms with Gasteiger partial charge >= 0.3 is 0 Å². The van der Waals surface area contributed by atoms with Crippen molar-refractivity contribution in [2.24, 2.45) is 11.7 Å². The van der Waals surface area contributed by atoms with Crippen LogP contribution in [0, 0.1) is 5.92 Å². The van der Waals surface area contributed by atoms with Gasteiger partial charge < -0.3 is 20.7 Å². The topological polar surface area (TPSA) is 118 Å². The molecule has 0 spiro atoms. The number of aromatic nitrogens is 1. The van der Waals surface area contributed by atoms with Gasteiger partial charge in [0.15, 0.2) is 5.03 Å². The molecule has 10 heteroatoms. The third-order valence-electron chi connectivity index (χ3n) is 7.14. The highest BCUT2D eigenvalue weighted by atomic mass is 32.2. The van der Waals surface area contributed by atoms with Gasteiger partial charge in [0.25, 0.3) is 15.9 Å². The summed E-state index contributed by atoms with van der Waals surface area (Å²) < 4.78 is 34.5. The summed E-state index contributed by atoms with van der Waals surface area (Å²) in [4.78, 5) is 18.7. The predicted molar refractivity (Wildman–Crippen MR) is 149 cm³/mol. The van der Waals surface area contributed by atoms with Gasteiger partial charge in [-0.05, 0) is 83.2 Å². The third-order valence-corrected chi connectivity index (χ3v) is 8.91. The molecule has 4 rings (SSSR count). The van der Waals surface area contributed by atoms with Crippen LogP contribution >= 0.6 is 0 Å². The third kappa shape index (κ3) is 6.30. The maximum absolute atomic E-state index is 13.6. The van der Waals surface area contributed by atoms with E-state index in [4.69, 9.17) is 10.5 Å². The summed E-state index contributed by atoms with van der Waals surface area (Å²) in [6, 6.07) is 10.9. The van der Waals surface area contributed by atoms with Gasteiger partial charge in [0.05, 0.1) is 5.56 Å². The molecule has 0 aliphatic carbocycles. The molecular formula is C28H41N5O4S. The van der Waals surface area contributed by atoms with Crippen molar-refractivity contribution in [3.8, 4) is 5.75 Å². The summed E-state index contributed by atoms with van der Waals surface area (Å²) in [5.74, 6) is 0.941. The largest absolute Gasteiger partial charge is 0.488 e. The van der Waals surface area contributed by atoms with E-state index in [1.165, 1.54) is 16.4 Å². The maximum Gasteiger partial charge on any atom is 0.260 e. The molecule has 0 saturated carbocycles. The highest BCUT2D eigenvalue weighted by molar-refractivity contribution is 7.89. The molecule has 1 amide bonds. The van der Waals surface area contributed by atoms with Gasteiger partial charge in [0.1, 0.15) is 17.2 Å². The zero-order valence-electron chi connectivity index (χ0n) is 23.3. The molecule has 0 bridgehead atoms. The molecule has 0 radical (unpaired) electrons. The second kappa shape index (κ2) is 10.5. The Kier molecular flexibility index (Phi) is 7.80. The van der Waals surface area contributed by atoms with E-state index in [1.807, 2.05) is 49.9 Å². The lowest BCUT2D eigenvalue weighted by atomic mass is 9.97. The number of anilines is 1. The van der Waals surface area contributed by atoms with Crippen molar-refractivity contribution in [1.82, 2.24) is 14.6 Å². The summed E-state index contributed by atoms with van der Waals surface area (Å²) >= 11 is 0. The van der Waals surface area contributed by atoms with Gasteiger partial charge in [-0.25, -0.2) is 13.4 Å². The highest BCUT2D eigenvalue weighted by Crippen LogP contribution is 2.38. The predicted octanol–water partition coefficient (Wildman–Crippen LogP) is 3.54. The van der Waals surface area contributed by atoms with E-state index in [-0.39, 0.29) is 27.8 Å². The number of rotatable bonds is 8. The molecular weight excluding hydrogens is 502 g/mol. The normalized spacial score (nSPS) is 22.1. The van der Waals surface area contributed by atoms with E-state index in [2.05, 4.69) is 31.1 Å². The molecule has 3 heterocycles. The van der Waals surface area contributed by atoms with E-state index in [9.17, 15) is 13.2 Å². The number of carbonyl (C=O) groups is 1. The maximum atomic E-state index is 13.6. The number of hydrogen-bond acceptors (Lipinski definition) is 7. The Morgan fingerprint density at radius 1 is 1.16 bits per heavy atom. The molecule has 0 unspecified atom stereocenters. The van der Waals surface area contributed by atoms with Crippen LogP contribution in [0.2, 0.25) is 0 Å². The fourth-order valence-corrected chi connectivity index (χ4v) is 6.90. The average Bonchev–Trinajstić information content (AvgIpc) is 3.40. The molecule has 38 heavy (non-hydrogen) atoms. The zero-order valence-corrected chi connectivity index (χ0v) is 24.1. The molecule has 1 aromatic heterocycles. The monoisotopic (exact) mass is 543 g/mol. The van der Waals surface area contributed by atoms with Crippen molar-refractivity contribution in [2.45, 2.75) is 83.1 Å². The van der Waals surface area contributed by atoms with Crippen LogP contribution in [-0.2, 0) is 16.6 Å². The first-order valence-electron chi connectivity index (χ1n) is 13.3. The Balaban J connectivity index is 1.45. The number of amides is 1. The summed E-state index contributed by atoms with van der Waals surface area (Å²) in [5.41, 5.74) is 6.46. The lowest BCUT2D eigenvalue weighted by Crippen LogP contribution is -2.40. The number of carbonyl (C=O) groups excluding carboxylic acids is 1. The van der Waals surface area contributed by atoms with Crippen molar-refractivity contribution < 1.29 is 17.9 Å². The minimum atomic E-state index is -3.84. The van der Waals surface area contributed by atoms with E-state index in [1.54, 1.807) is 0 Å². The van der Waals surface area contributed by atoms with Crippen LogP contribution in [0.4, 0.5) is 5.82 Å². The first-order chi connectivity index (χ1) is 17.7. The Bertz CT molecular complexity index is 1270. The number of nitrogens with zero attached hydrogens (tertiary/aromatic N) is 3. The summed E-state index contributed by atoms with van der Waals surface area (Å²) in [6.45, 7) is 14.4. The second-order valence-electron chi connectivity index (χ2n) is 12.2. The molecule has 2 aromatic rings. The van der Waals surface area contributed by atoms with Gasteiger partial charge in [-0.2, -0.15) is 4.31 Å². The van der Waals surface area contributed by atoms with Gasteiger partial charge in [-0.3, -0.25) is 4.79 Å². The van der Waals surface area contributed by atoms with E-state index in [0.29, 0.717) is 44.3 Å². The van der Waals surface area contributed by atoms with Crippen LogP contribution in [-0.4, -0.2) is 60.4 Å². The molecule has 3 N–H and O–H groups in total. The molecule has 1 aromatic carbocycles. The standard InChI is InChI=1S/C28H41N5O4S/c1-19-15-28(5,6)33(17-19)26-23(25(29)34)11-12-24(31-26)38(35,36)32-14-13-21(18-32)30-16-20-7-9-22(10-8-20)37-27(2,3)4/h7-12,19,21,30H,13-18H2,1-6H3,(H2,29,34)/t19-,21+/m0/s1. The van der Waals surface area contributed by atoms with Crippen LogP contribution in [0.15, 0.2) is 41.4 Å². The Labute approximate surface area is 226 Å². The number of pyridine rings is 1. The molecule has 2 fully saturated rings. The fourth-order valence-electron chi connectivity index (χ4n) is 5.47. The molecule has 2 saturated heterocycles. The van der Waals surface area contributed by atoms with Crippen molar-refractivity contribution in [3.63, 3.8) is 0 Å². The number of primary amides is 1. The number of sulfonamides is 1. The lowest BCUT2D eigenvalue weighted by molar-refractivity contribution is 0.1000. The second-order valence-corrected chi connectivity index (χ2v) is 14.1. The van der Waals surface area contributed by atoms with E-state index in [0.717, 1.165) is 17.7 Å². The van der Waals surface area contributed by atoms with Crippen LogP contribution in [0.5, 0.6) is 5.75 Å². The number of nitrogens with two attached hydrogens (primary N) is 1. The highest BCUT2D eigenvalue weighted by Gasteiger charge is 2.40. The van der Waals surface area contributed by atoms with Crippen molar-refractivity contribution in [1.29, 1.82) is 0 Å². The molecule has 2 atom stereocenters. The summed E-state index contributed by atoms with van der Waals surface area (Å²) in [5, 5.41) is 3.43. The fraction of sp³-hybridized carbons (Fsp3) is 0.571. The van der Waals surface area contributed by atoms with E-state index < -0.39 is 15.9 Å². The molecule has 208 valence electrons. The summed E-state index contributed by atoms with van der Waals surface area (Å²) in [6.07, 6.45) is 1.61. The number of nitrogens with one attached hydrogen (secondary N) is 1. The number of hydrogen-bond donors (Lipinski definition) is 2. The smallest absolute Gasteiger partial charge is 0.260 e. The minimum Gasteiger partial charge on any atom is -0.488 e. The first kappa shape index (κ1) is 28.3. The van der Waals surface area contributed by atoms with Crippen LogP contribution in [0.3, 0.4) is 0 Å². The summed E-state index contributed by atoms with van der Waals surface area (Å²) in [7, 11) is -3.84. The Morgan fingerprint density at radius 2 is 1.84 bits per heavy atom. The first-order valence-corrected chi connectivity index (χ1v) is 14.7. The molecule has 9 nitrogen and oxygen atoms in total. The zero-order chi connectivity index (χ0) is 27.9. The quantitative estimate of drug-likeness (QED) is 0.523. The van der Waals surface area contributed by atoms with Crippen LogP contribution < -0.4 is 20.7 Å². The van der Waals surface area contributed by atoms with E-state index >= 15 is 0 Å². The minimum absolute atomic E-state index is 0.0259. The Morgan fingerprint density at radius 3 is 2.42 bits per heavy atom. The number of ether oxygens (including phenoxy) is 1. The van der Waals surface area contributed by atoms with Crippen molar-refractivity contribution in [2.75, 3.05) is 24.5 Å². The SMILES string of the molecule is C[C@@H]1CN(c2nc(S(=O)(=O)N3CC[C@@H](NCc4ccc(OC(C)(C)C)cc4)C3)ccc2C(N)=O)C(C)(C)C1. The molecule has 2 aliphatic heterocycles. The molecule has 2 aliphatic rings. The van der Waals surface area contributed by atoms with Gasteiger partial charge in [-0.15, -0.1) is 0 Å². The van der Waals surface area contributed by atoms with Crippen molar-refractivity contribution >= 4 is 21.7 Å². The van der Waals surface area contributed by atoms with Crippen LogP contribution in [0.1, 0.15) is 70.3 Å². The lowest BCUT2D eigenvalue weighted by Gasteiger charge is -2.34. The van der Waals surface area contributed by atoms with Gasteiger partial charge in [-0.1, -0.05) is 19.1 Å². The van der Waals surface area contributed by atoms with Gasteiger partial charge in [0, 0.05) is 37.8 Å². The average molecular weight is 544 g/mol.